The van der Waals surface area contributed by atoms with Crippen molar-refractivity contribution in [3.8, 4) is 33.5 Å². The molecule has 0 aliphatic heterocycles. The predicted molar refractivity (Wildman–Crippen MR) is 130 cm³/mol. The molecule has 0 aliphatic rings. The van der Waals surface area contributed by atoms with Gasteiger partial charge < -0.3 is 10.1 Å². The lowest BCUT2D eigenvalue weighted by Crippen LogP contribution is -2.14. The zero-order valence-corrected chi connectivity index (χ0v) is 19.7. The van der Waals surface area contributed by atoms with Crippen molar-refractivity contribution in [1.82, 2.24) is 9.97 Å². The molecule has 3 heterocycles. The number of pyridine rings is 1. The normalized spacial score (nSPS) is 10.5. The first-order valence-corrected chi connectivity index (χ1v) is 12.2. The van der Waals surface area contributed by atoms with E-state index in [1.807, 2.05) is 54.8 Å². The van der Waals surface area contributed by atoms with Gasteiger partial charge in [-0.2, -0.15) is 5.26 Å². The molecule has 0 aliphatic carbocycles. The largest absolute Gasteiger partial charge is 0.497 e. The third-order valence-corrected chi connectivity index (χ3v) is 7.18. The Bertz CT molecular complexity index is 1280. The van der Waals surface area contributed by atoms with E-state index in [2.05, 4.69) is 16.4 Å². The van der Waals surface area contributed by atoms with Crippen LogP contribution in [0, 0.1) is 18.3 Å². The standard InChI is InChI=1S/C23H18N4O2S3/c1-14-12-25-23(32-14)27-21(28)13-31-22-18(11-24)17(20-4-3-9-30-20)10-19(26-22)15-5-7-16(29-2)8-6-15/h3-10,12H,13H2,1-2H3,(H,25,27,28). The average molecular weight is 479 g/mol. The molecule has 0 radical (unpaired) electrons. The molecule has 0 fully saturated rings. The number of rotatable bonds is 7. The lowest BCUT2D eigenvalue weighted by atomic mass is 10.0. The van der Waals surface area contributed by atoms with Crippen molar-refractivity contribution in [1.29, 1.82) is 5.26 Å². The smallest absolute Gasteiger partial charge is 0.236 e. The van der Waals surface area contributed by atoms with Gasteiger partial charge in [0, 0.05) is 27.1 Å². The van der Waals surface area contributed by atoms with Crippen LogP contribution in [-0.2, 0) is 4.79 Å². The molecule has 160 valence electrons. The van der Waals surface area contributed by atoms with Crippen molar-refractivity contribution >= 4 is 45.5 Å². The van der Waals surface area contributed by atoms with Crippen molar-refractivity contribution < 1.29 is 9.53 Å². The first-order valence-electron chi connectivity index (χ1n) is 9.56. The summed E-state index contributed by atoms with van der Waals surface area (Å²) in [4.78, 5) is 23.3. The number of hydrogen-bond donors (Lipinski definition) is 1. The fraction of sp³-hybridized carbons (Fsp3) is 0.130. The highest BCUT2D eigenvalue weighted by Crippen LogP contribution is 2.36. The Morgan fingerprint density at radius 3 is 2.72 bits per heavy atom. The van der Waals surface area contributed by atoms with Crippen LogP contribution in [0.3, 0.4) is 0 Å². The van der Waals surface area contributed by atoms with Gasteiger partial charge in [0.1, 0.15) is 16.8 Å². The Morgan fingerprint density at radius 2 is 2.09 bits per heavy atom. The second-order valence-electron chi connectivity index (χ2n) is 6.67. The molecule has 0 bridgehead atoms. The summed E-state index contributed by atoms with van der Waals surface area (Å²) in [6.45, 7) is 1.93. The molecule has 6 nitrogen and oxygen atoms in total. The maximum Gasteiger partial charge on any atom is 0.236 e. The van der Waals surface area contributed by atoms with Crippen LogP contribution in [0.5, 0.6) is 5.75 Å². The van der Waals surface area contributed by atoms with Gasteiger partial charge in [-0.1, -0.05) is 17.8 Å². The van der Waals surface area contributed by atoms with Gasteiger partial charge in [-0.3, -0.25) is 4.79 Å². The van der Waals surface area contributed by atoms with E-state index in [0.29, 0.717) is 15.7 Å². The SMILES string of the molecule is COc1ccc(-c2cc(-c3cccs3)c(C#N)c(SCC(=O)Nc3ncc(C)s3)n2)cc1. The second kappa shape index (κ2) is 9.96. The number of anilines is 1. The number of nitrogens with zero attached hydrogens (tertiary/aromatic N) is 3. The van der Waals surface area contributed by atoms with Crippen molar-refractivity contribution in [2.75, 3.05) is 18.2 Å². The molecule has 1 amide bonds. The van der Waals surface area contributed by atoms with Crippen LogP contribution in [0.15, 0.2) is 59.1 Å². The van der Waals surface area contributed by atoms with E-state index in [4.69, 9.17) is 9.72 Å². The molecule has 1 N–H and O–H groups in total. The van der Waals surface area contributed by atoms with Crippen LogP contribution in [-0.4, -0.2) is 28.7 Å². The molecular weight excluding hydrogens is 460 g/mol. The zero-order chi connectivity index (χ0) is 22.5. The molecule has 0 saturated heterocycles. The molecular formula is C23H18N4O2S3. The fourth-order valence-corrected chi connectivity index (χ4v) is 5.20. The molecule has 9 heteroatoms. The van der Waals surface area contributed by atoms with E-state index in [9.17, 15) is 10.1 Å². The minimum Gasteiger partial charge on any atom is -0.497 e. The highest BCUT2D eigenvalue weighted by Gasteiger charge is 2.18. The molecule has 0 atom stereocenters. The van der Waals surface area contributed by atoms with Gasteiger partial charge in [0.05, 0.1) is 24.1 Å². The van der Waals surface area contributed by atoms with E-state index >= 15 is 0 Å². The molecule has 0 saturated carbocycles. The van der Waals surface area contributed by atoms with Crippen molar-refractivity contribution in [2.45, 2.75) is 11.9 Å². The topological polar surface area (TPSA) is 87.9 Å². The molecule has 4 rings (SSSR count). The zero-order valence-electron chi connectivity index (χ0n) is 17.3. The maximum absolute atomic E-state index is 12.4. The van der Waals surface area contributed by atoms with Crippen molar-refractivity contribution in [2.24, 2.45) is 0 Å². The van der Waals surface area contributed by atoms with Gasteiger partial charge in [-0.25, -0.2) is 9.97 Å². The number of aryl methyl sites for hydroxylation is 1. The van der Waals surface area contributed by atoms with E-state index in [1.54, 1.807) is 24.6 Å². The lowest BCUT2D eigenvalue weighted by molar-refractivity contribution is -0.113. The lowest BCUT2D eigenvalue weighted by Gasteiger charge is -2.12. The number of hydrogen-bond acceptors (Lipinski definition) is 8. The molecule has 0 unspecified atom stereocenters. The predicted octanol–water partition coefficient (Wildman–Crippen LogP) is 5.85. The quantitative estimate of drug-likeness (QED) is 0.335. The van der Waals surface area contributed by atoms with Crippen LogP contribution >= 0.6 is 34.4 Å². The van der Waals surface area contributed by atoms with Crippen molar-refractivity contribution in [3.05, 3.63) is 64.5 Å². The maximum atomic E-state index is 12.4. The molecule has 4 aromatic rings. The summed E-state index contributed by atoms with van der Waals surface area (Å²) in [6, 6.07) is 15.7. The first-order chi connectivity index (χ1) is 15.6. The summed E-state index contributed by atoms with van der Waals surface area (Å²) in [6.07, 6.45) is 1.72. The third-order valence-electron chi connectivity index (χ3n) is 4.48. The Kier molecular flexibility index (Phi) is 6.85. The summed E-state index contributed by atoms with van der Waals surface area (Å²) in [5.41, 5.74) is 2.90. The Hall–Kier alpha value is -3.19. The number of amides is 1. The number of thiophene rings is 1. The minimum atomic E-state index is -0.192. The third kappa shape index (κ3) is 4.99. The summed E-state index contributed by atoms with van der Waals surface area (Å²) in [5.74, 6) is 0.683. The van der Waals surface area contributed by atoms with Crippen LogP contribution in [0.4, 0.5) is 5.13 Å². The average Bonchev–Trinajstić information content (AvgIpc) is 3.49. The van der Waals surface area contributed by atoms with Crippen LogP contribution in [0.2, 0.25) is 0 Å². The molecule has 1 aromatic carbocycles. The van der Waals surface area contributed by atoms with Gasteiger partial charge in [-0.05, 0) is 48.7 Å². The van der Waals surface area contributed by atoms with Crippen molar-refractivity contribution in [3.63, 3.8) is 0 Å². The summed E-state index contributed by atoms with van der Waals surface area (Å²) in [7, 11) is 1.62. The van der Waals surface area contributed by atoms with Gasteiger partial charge in [0.15, 0.2) is 5.13 Å². The number of carbonyl (C=O) groups is 1. The monoisotopic (exact) mass is 478 g/mol. The van der Waals surface area contributed by atoms with E-state index in [-0.39, 0.29) is 11.7 Å². The minimum absolute atomic E-state index is 0.121. The Labute approximate surface area is 197 Å². The van der Waals surface area contributed by atoms with Gasteiger partial charge in [0.2, 0.25) is 5.91 Å². The number of aromatic nitrogens is 2. The number of thiazole rings is 1. The van der Waals surface area contributed by atoms with E-state index in [1.165, 1.54) is 23.1 Å². The van der Waals surface area contributed by atoms with E-state index < -0.39 is 0 Å². The van der Waals surface area contributed by atoms with E-state index in [0.717, 1.165) is 32.3 Å². The highest BCUT2D eigenvalue weighted by atomic mass is 32.2. The number of ether oxygens (including phenoxy) is 1. The van der Waals surface area contributed by atoms with Crippen LogP contribution < -0.4 is 10.1 Å². The number of carbonyl (C=O) groups excluding carboxylic acids is 1. The molecule has 32 heavy (non-hydrogen) atoms. The Morgan fingerprint density at radius 1 is 1.28 bits per heavy atom. The second-order valence-corrected chi connectivity index (χ2v) is 9.81. The van der Waals surface area contributed by atoms with Crippen LogP contribution in [0.25, 0.3) is 21.7 Å². The van der Waals surface area contributed by atoms with Gasteiger partial charge in [0.25, 0.3) is 0 Å². The Balaban J connectivity index is 1.67. The van der Waals surface area contributed by atoms with Crippen LogP contribution in [0.1, 0.15) is 10.4 Å². The summed E-state index contributed by atoms with van der Waals surface area (Å²) < 4.78 is 5.25. The number of nitrogens with one attached hydrogen (secondary N) is 1. The number of nitriles is 1. The summed E-state index contributed by atoms with van der Waals surface area (Å²) in [5, 5.41) is 15.8. The van der Waals surface area contributed by atoms with Gasteiger partial charge in [-0.15, -0.1) is 22.7 Å². The number of benzene rings is 1. The highest BCUT2D eigenvalue weighted by molar-refractivity contribution is 8.00. The molecule has 0 spiro atoms. The number of methoxy groups -OCH3 is 1. The summed E-state index contributed by atoms with van der Waals surface area (Å²) >= 11 is 4.22. The fourth-order valence-electron chi connectivity index (χ4n) is 2.97. The first kappa shape index (κ1) is 22.0. The molecule has 3 aromatic heterocycles. The number of thioether (sulfide) groups is 1. The van der Waals surface area contributed by atoms with Gasteiger partial charge >= 0.3 is 0 Å².